The summed E-state index contributed by atoms with van der Waals surface area (Å²) in [5.41, 5.74) is 3.53. The van der Waals surface area contributed by atoms with Crippen molar-refractivity contribution < 1.29 is 14.3 Å². The van der Waals surface area contributed by atoms with Gasteiger partial charge in [0.15, 0.2) is 0 Å². The number of carbonyl (C=O) groups is 2. The second-order valence-corrected chi connectivity index (χ2v) is 8.64. The van der Waals surface area contributed by atoms with Crippen LogP contribution in [0.3, 0.4) is 0 Å². The van der Waals surface area contributed by atoms with E-state index in [9.17, 15) is 9.59 Å². The van der Waals surface area contributed by atoms with Crippen molar-refractivity contribution in [2.45, 2.75) is 18.2 Å². The SMILES string of the molecule is COc1ccccc1N1C(=O)CSC1c1cccc(C(=O)NCCCc2ccccc2)c1. The standard InChI is InChI=1S/C26H26N2O3S/c1-31-23-15-6-5-14-22(23)28-24(29)18-32-26(28)21-13-7-12-20(17-21)25(30)27-16-8-11-19-9-3-2-4-10-19/h2-7,9-10,12-15,17,26H,8,11,16,18H2,1H3,(H,27,30). The lowest BCUT2D eigenvalue weighted by molar-refractivity contribution is -0.115. The van der Waals surface area contributed by atoms with Crippen LogP contribution < -0.4 is 15.0 Å². The summed E-state index contributed by atoms with van der Waals surface area (Å²) in [5, 5.41) is 2.81. The van der Waals surface area contributed by atoms with Gasteiger partial charge < -0.3 is 10.1 Å². The number of rotatable bonds is 8. The number of hydrogen-bond donors (Lipinski definition) is 1. The fourth-order valence-corrected chi connectivity index (χ4v) is 4.99. The summed E-state index contributed by atoms with van der Waals surface area (Å²) in [6.45, 7) is 0.613. The molecule has 3 aromatic rings. The summed E-state index contributed by atoms with van der Waals surface area (Å²) in [5.74, 6) is 0.970. The van der Waals surface area contributed by atoms with E-state index in [1.54, 1.807) is 23.8 Å². The van der Waals surface area contributed by atoms with Gasteiger partial charge >= 0.3 is 0 Å². The van der Waals surface area contributed by atoms with Gasteiger partial charge in [0.05, 0.1) is 18.6 Å². The van der Waals surface area contributed by atoms with Crippen molar-refractivity contribution in [1.29, 1.82) is 0 Å². The number of aryl methyl sites for hydroxylation is 1. The number of amides is 2. The number of anilines is 1. The Kier molecular flexibility index (Phi) is 7.12. The fourth-order valence-electron chi connectivity index (χ4n) is 3.83. The molecular formula is C26H26N2O3S. The second-order valence-electron chi connectivity index (χ2n) is 7.57. The Bertz CT molecular complexity index is 1090. The largest absolute Gasteiger partial charge is 0.495 e. The Labute approximate surface area is 192 Å². The Hall–Kier alpha value is -3.25. The molecule has 3 aromatic carbocycles. The van der Waals surface area contributed by atoms with Crippen LogP contribution in [-0.4, -0.2) is 31.2 Å². The van der Waals surface area contributed by atoms with Gasteiger partial charge in [-0.25, -0.2) is 0 Å². The molecule has 4 rings (SSSR count). The highest BCUT2D eigenvalue weighted by Gasteiger charge is 2.35. The highest BCUT2D eigenvalue weighted by Crippen LogP contribution is 2.44. The molecule has 32 heavy (non-hydrogen) atoms. The zero-order valence-electron chi connectivity index (χ0n) is 18.0. The summed E-state index contributed by atoms with van der Waals surface area (Å²) >= 11 is 1.55. The van der Waals surface area contributed by atoms with E-state index in [-0.39, 0.29) is 17.2 Å². The van der Waals surface area contributed by atoms with E-state index in [4.69, 9.17) is 4.74 Å². The molecule has 164 valence electrons. The van der Waals surface area contributed by atoms with Crippen molar-refractivity contribution in [1.82, 2.24) is 5.32 Å². The molecule has 6 heteroatoms. The zero-order valence-corrected chi connectivity index (χ0v) is 18.8. The van der Waals surface area contributed by atoms with Gasteiger partial charge in [0.2, 0.25) is 5.91 Å². The average molecular weight is 447 g/mol. The van der Waals surface area contributed by atoms with Crippen LogP contribution in [0.25, 0.3) is 0 Å². The number of nitrogens with zero attached hydrogens (tertiary/aromatic N) is 1. The van der Waals surface area contributed by atoms with Crippen LogP contribution in [0.1, 0.15) is 33.3 Å². The maximum Gasteiger partial charge on any atom is 0.251 e. The van der Waals surface area contributed by atoms with Gasteiger partial charge in [0, 0.05) is 12.1 Å². The minimum absolute atomic E-state index is 0.0280. The van der Waals surface area contributed by atoms with Crippen LogP contribution >= 0.6 is 11.8 Å². The molecule has 1 heterocycles. The molecule has 1 unspecified atom stereocenters. The van der Waals surface area contributed by atoms with Gasteiger partial charge in [-0.15, -0.1) is 11.8 Å². The third-order valence-corrected chi connectivity index (χ3v) is 6.63. The number of para-hydroxylation sites is 2. The quantitative estimate of drug-likeness (QED) is 0.503. The van der Waals surface area contributed by atoms with Crippen LogP contribution in [0, 0.1) is 0 Å². The molecule has 1 saturated heterocycles. The van der Waals surface area contributed by atoms with Crippen LogP contribution in [0.15, 0.2) is 78.9 Å². The van der Waals surface area contributed by atoms with E-state index in [0.717, 1.165) is 24.1 Å². The van der Waals surface area contributed by atoms with E-state index in [2.05, 4.69) is 17.4 Å². The summed E-state index contributed by atoms with van der Waals surface area (Å²) in [6.07, 6.45) is 1.81. The first-order valence-electron chi connectivity index (χ1n) is 10.7. The fraction of sp³-hybridized carbons (Fsp3) is 0.231. The number of methoxy groups -OCH3 is 1. The lowest BCUT2D eigenvalue weighted by Crippen LogP contribution is -2.29. The van der Waals surface area contributed by atoms with Crippen LogP contribution in [0.5, 0.6) is 5.75 Å². The second kappa shape index (κ2) is 10.4. The molecule has 1 aliphatic heterocycles. The van der Waals surface area contributed by atoms with Crippen LogP contribution in [-0.2, 0) is 11.2 Å². The van der Waals surface area contributed by atoms with Crippen molar-refractivity contribution in [2.24, 2.45) is 0 Å². The number of hydrogen-bond acceptors (Lipinski definition) is 4. The Morgan fingerprint density at radius 2 is 1.84 bits per heavy atom. The predicted octanol–water partition coefficient (Wildman–Crippen LogP) is 4.84. The van der Waals surface area contributed by atoms with Gasteiger partial charge in [-0.3, -0.25) is 14.5 Å². The first-order chi connectivity index (χ1) is 15.7. The molecule has 1 atom stereocenters. The number of ether oxygens (including phenoxy) is 1. The number of carbonyl (C=O) groups excluding carboxylic acids is 2. The van der Waals surface area contributed by atoms with Crippen molar-refractivity contribution >= 4 is 29.3 Å². The van der Waals surface area contributed by atoms with Crippen LogP contribution in [0.4, 0.5) is 5.69 Å². The molecule has 5 nitrogen and oxygen atoms in total. The number of thioether (sulfide) groups is 1. The molecule has 1 fully saturated rings. The van der Waals surface area contributed by atoms with Gasteiger partial charge in [-0.05, 0) is 48.2 Å². The molecule has 1 aliphatic rings. The minimum Gasteiger partial charge on any atom is -0.495 e. The first kappa shape index (κ1) is 22.0. The van der Waals surface area contributed by atoms with Gasteiger partial charge in [0.25, 0.3) is 5.91 Å². The monoisotopic (exact) mass is 446 g/mol. The molecule has 0 saturated carbocycles. The smallest absolute Gasteiger partial charge is 0.251 e. The molecule has 0 bridgehead atoms. The highest BCUT2D eigenvalue weighted by molar-refractivity contribution is 8.00. The van der Waals surface area contributed by atoms with E-state index in [1.807, 2.05) is 66.7 Å². The lowest BCUT2D eigenvalue weighted by Gasteiger charge is -2.26. The van der Waals surface area contributed by atoms with Crippen molar-refractivity contribution in [3.63, 3.8) is 0 Å². The molecule has 0 aliphatic carbocycles. The number of benzene rings is 3. The van der Waals surface area contributed by atoms with Crippen molar-refractivity contribution in [3.8, 4) is 5.75 Å². The summed E-state index contributed by atoms with van der Waals surface area (Å²) < 4.78 is 5.47. The lowest BCUT2D eigenvalue weighted by atomic mass is 10.1. The summed E-state index contributed by atoms with van der Waals surface area (Å²) in [6, 6.07) is 25.3. The average Bonchev–Trinajstić information content (AvgIpc) is 3.23. The highest BCUT2D eigenvalue weighted by atomic mass is 32.2. The molecule has 0 spiro atoms. The molecule has 1 N–H and O–H groups in total. The maximum atomic E-state index is 12.7. The molecular weight excluding hydrogens is 420 g/mol. The van der Waals surface area contributed by atoms with Crippen molar-refractivity contribution in [2.75, 3.05) is 24.3 Å². The topological polar surface area (TPSA) is 58.6 Å². The predicted molar refractivity (Wildman–Crippen MR) is 129 cm³/mol. The summed E-state index contributed by atoms with van der Waals surface area (Å²) in [7, 11) is 1.60. The molecule has 0 aromatic heterocycles. The van der Waals surface area contributed by atoms with Gasteiger partial charge in [-0.2, -0.15) is 0 Å². The van der Waals surface area contributed by atoms with Gasteiger partial charge in [-0.1, -0.05) is 54.6 Å². The maximum absolute atomic E-state index is 12.7. The van der Waals surface area contributed by atoms with E-state index < -0.39 is 0 Å². The number of nitrogens with one attached hydrogen (secondary N) is 1. The third-order valence-electron chi connectivity index (χ3n) is 5.42. The third kappa shape index (κ3) is 4.97. The Balaban J connectivity index is 1.44. The van der Waals surface area contributed by atoms with E-state index in [0.29, 0.717) is 23.6 Å². The van der Waals surface area contributed by atoms with Crippen LogP contribution in [0.2, 0.25) is 0 Å². The van der Waals surface area contributed by atoms with E-state index in [1.165, 1.54) is 5.56 Å². The zero-order chi connectivity index (χ0) is 22.3. The summed E-state index contributed by atoms with van der Waals surface area (Å²) in [4.78, 5) is 27.2. The first-order valence-corrected chi connectivity index (χ1v) is 11.7. The molecule has 2 amide bonds. The Morgan fingerprint density at radius 1 is 1.06 bits per heavy atom. The van der Waals surface area contributed by atoms with E-state index >= 15 is 0 Å². The molecule has 0 radical (unpaired) electrons. The van der Waals surface area contributed by atoms with Crippen molar-refractivity contribution in [3.05, 3.63) is 95.6 Å². The van der Waals surface area contributed by atoms with Gasteiger partial charge in [0.1, 0.15) is 11.1 Å². The normalized spacial score (nSPS) is 15.6. The minimum atomic E-state index is -0.204. The Morgan fingerprint density at radius 3 is 2.66 bits per heavy atom.